The molecule has 0 aliphatic heterocycles. The minimum absolute atomic E-state index is 0.121. The molecule has 0 aliphatic carbocycles. The van der Waals surface area contributed by atoms with Gasteiger partial charge in [-0.1, -0.05) is 30.3 Å². The summed E-state index contributed by atoms with van der Waals surface area (Å²) in [6, 6.07) is 9.31. The topological polar surface area (TPSA) is 85.8 Å². The quantitative estimate of drug-likeness (QED) is 0.206. The Morgan fingerprint density at radius 3 is 1.93 bits per heavy atom. The summed E-state index contributed by atoms with van der Waals surface area (Å²) in [4.78, 5) is 19.7. The van der Waals surface area contributed by atoms with Crippen LogP contribution in [0.25, 0.3) is 0 Å². The van der Waals surface area contributed by atoms with Crippen LogP contribution in [0.2, 0.25) is 0 Å². The molecule has 2 aromatic heterocycles. The van der Waals surface area contributed by atoms with Crippen LogP contribution in [0.1, 0.15) is 10.4 Å². The second-order valence-corrected chi connectivity index (χ2v) is 8.72. The van der Waals surface area contributed by atoms with E-state index in [9.17, 15) is 44.3 Å². The van der Waals surface area contributed by atoms with Gasteiger partial charge in [0.1, 0.15) is 11.6 Å². The molecule has 3 rings (SSSR count). The predicted octanol–water partition coefficient (Wildman–Crippen LogP) is 6.65. The average molecular weight is 604 g/mol. The minimum Gasteiger partial charge on any atom is -0.468 e. The lowest BCUT2D eigenvalue weighted by Crippen LogP contribution is -2.38. The number of rotatable bonds is 10. The third-order valence-corrected chi connectivity index (χ3v) is 5.41. The first-order valence-electron chi connectivity index (χ1n) is 10.7. The number of anilines is 2. The maximum atomic E-state index is 13.0. The fraction of sp³-hybridized carbons (Fsp3) is 0.318. The van der Waals surface area contributed by atoms with Gasteiger partial charge in [-0.15, -0.1) is 11.3 Å². The Kier molecular flexibility index (Phi) is 9.67. The predicted molar refractivity (Wildman–Crippen MR) is 122 cm³/mol. The standard InChI is InChI=1S/C22H17F9N4O4S/c23-20(24,25)10-38-15-8-16(39-11-21(26,27)28)33-18(32-15)35(12-37-9-13-4-2-1-3-5-13)19(36)34-17-7-6-14(40-17)22(29,30)31/h1-8H,9-12H2,(H,34,36). The van der Waals surface area contributed by atoms with Crippen molar-refractivity contribution in [1.29, 1.82) is 0 Å². The Morgan fingerprint density at radius 2 is 1.43 bits per heavy atom. The molecule has 0 fully saturated rings. The lowest BCUT2D eigenvalue weighted by Gasteiger charge is -2.22. The van der Waals surface area contributed by atoms with Gasteiger partial charge in [-0.05, 0) is 17.7 Å². The van der Waals surface area contributed by atoms with Crippen LogP contribution < -0.4 is 19.7 Å². The van der Waals surface area contributed by atoms with Crippen molar-refractivity contribution in [2.45, 2.75) is 25.1 Å². The van der Waals surface area contributed by atoms with Crippen molar-refractivity contribution in [2.75, 3.05) is 30.2 Å². The number of alkyl halides is 9. The normalized spacial score (nSPS) is 12.2. The molecule has 0 spiro atoms. The molecule has 0 aliphatic rings. The first kappa shape index (κ1) is 30.7. The lowest BCUT2D eigenvalue weighted by molar-refractivity contribution is -0.154. The molecule has 0 saturated heterocycles. The van der Waals surface area contributed by atoms with Crippen LogP contribution in [-0.4, -0.2) is 48.3 Å². The number of aromatic nitrogens is 2. The zero-order chi connectivity index (χ0) is 29.6. The number of hydrogen-bond donors (Lipinski definition) is 1. The number of thiophene rings is 1. The Labute approximate surface area is 223 Å². The first-order valence-corrected chi connectivity index (χ1v) is 11.6. The molecule has 3 aromatic rings. The molecular formula is C22H17F9N4O4S. The molecule has 2 amide bonds. The van der Waals surface area contributed by atoms with Gasteiger partial charge in [-0.3, -0.25) is 5.32 Å². The van der Waals surface area contributed by atoms with Gasteiger partial charge in [-0.2, -0.15) is 49.5 Å². The van der Waals surface area contributed by atoms with Crippen molar-refractivity contribution in [1.82, 2.24) is 9.97 Å². The van der Waals surface area contributed by atoms with Crippen LogP contribution in [0.4, 0.5) is 55.3 Å². The highest BCUT2D eigenvalue weighted by Gasteiger charge is 2.34. The second kappa shape index (κ2) is 12.6. The average Bonchev–Trinajstić information content (AvgIpc) is 3.33. The number of carbonyl (C=O) groups excluding carboxylic acids is 1. The summed E-state index contributed by atoms with van der Waals surface area (Å²) in [6.45, 7) is -4.65. The van der Waals surface area contributed by atoms with E-state index in [-0.39, 0.29) is 22.9 Å². The number of urea groups is 1. The van der Waals surface area contributed by atoms with Gasteiger partial charge in [0.15, 0.2) is 13.2 Å². The van der Waals surface area contributed by atoms with Gasteiger partial charge in [-0.25, -0.2) is 9.69 Å². The van der Waals surface area contributed by atoms with Gasteiger partial charge in [0.05, 0.1) is 17.7 Å². The summed E-state index contributed by atoms with van der Waals surface area (Å²) in [5.41, 5.74) is 0.619. The molecular weight excluding hydrogens is 587 g/mol. The highest BCUT2D eigenvalue weighted by Crippen LogP contribution is 2.37. The highest BCUT2D eigenvalue weighted by molar-refractivity contribution is 7.16. The fourth-order valence-corrected chi connectivity index (χ4v) is 3.50. The first-order chi connectivity index (χ1) is 18.6. The molecule has 8 nitrogen and oxygen atoms in total. The van der Waals surface area contributed by atoms with E-state index < -0.39 is 67.1 Å². The third-order valence-electron chi connectivity index (χ3n) is 4.37. The third kappa shape index (κ3) is 10.1. The van der Waals surface area contributed by atoms with E-state index in [1.807, 2.05) is 0 Å². The highest BCUT2D eigenvalue weighted by atomic mass is 32.1. The largest absolute Gasteiger partial charge is 0.468 e. The molecule has 18 heteroatoms. The van der Waals surface area contributed by atoms with Crippen LogP contribution in [0.15, 0.2) is 48.5 Å². The van der Waals surface area contributed by atoms with Crippen LogP contribution in [-0.2, 0) is 17.5 Å². The summed E-state index contributed by atoms with van der Waals surface area (Å²) < 4.78 is 129. The van der Waals surface area contributed by atoms with Crippen LogP contribution >= 0.6 is 11.3 Å². The maximum absolute atomic E-state index is 13.0. The number of carbonyl (C=O) groups is 1. The van der Waals surface area contributed by atoms with Crippen LogP contribution in [0.5, 0.6) is 11.8 Å². The van der Waals surface area contributed by atoms with Crippen molar-refractivity contribution in [3.63, 3.8) is 0 Å². The molecule has 218 valence electrons. The Bertz CT molecular complexity index is 1230. The van der Waals surface area contributed by atoms with E-state index in [4.69, 9.17) is 4.74 Å². The summed E-state index contributed by atoms with van der Waals surface area (Å²) in [5.74, 6) is -2.64. The van der Waals surface area contributed by atoms with Gasteiger partial charge in [0, 0.05) is 0 Å². The van der Waals surface area contributed by atoms with Crippen molar-refractivity contribution in [3.05, 3.63) is 59.0 Å². The van der Waals surface area contributed by atoms with Gasteiger partial charge in [0.25, 0.3) is 0 Å². The van der Waals surface area contributed by atoms with E-state index in [1.165, 1.54) is 0 Å². The van der Waals surface area contributed by atoms with Crippen molar-refractivity contribution in [2.24, 2.45) is 0 Å². The number of amides is 2. The monoisotopic (exact) mass is 604 g/mol. The number of hydrogen-bond acceptors (Lipinski definition) is 7. The molecule has 0 bridgehead atoms. The lowest BCUT2D eigenvalue weighted by atomic mass is 10.2. The smallest absolute Gasteiger partial charge is 0.425 e. The van der Waals surface area contributed by atoms with Crippen LogP contribution in [0, 0.1) is 0 Å². The summed E-state index contributed by atoms with van der Waals surface area (Å²) in [5, 5.41) is 1.85. The van der Waals surface area contributed by atoms with Crippen molar-refractivity contribution >= 4 is 28.3 Å². The summed E-state index contributed by atoms with van der Waals surface area (Å²) in [6.07, 6.45) is -14.4. The van der Waals surface area contributed by atoms with E-state index in [2.05, 4.69) is 24.8 Å². The molecule has 0 radical (unpaired) electrons. The van der Waals surface area contributed by atoms with E-state index >= 15 is 0 Å². The Morgan fingerprint density at radius 1 is 0.850 bits per heavy atom. The van der Waals surface area contributed by atoms with Crippen molar-refractivity contribution < 1.29 is 58.5 Å². The number of nitrogens with zero attached hydrogens (tertiary/aromatic N) is 3. The minimum atomic E-state index is -4.86. The number of benzene rings is 1. The Balaban J connectivity index is 1.92. The zero-order valence-corrected chi connectivity index (χ0v) is 20.5. The maximum Gasteiger partial charge on any atom is 0.425 e. The van der Waals surface area contributed by atoms with Crippen molar-refractivity contribution in [3.8, 4) is 11.8 Å². The fourth-order valence-electron chi connectivity index (χ4n) is 2.74. The molecule has 1 aromatic carbocycles. The molecule has 0 saturated carbocycles. The zero-order valence-electron chi connectivity index (χ0n) is 19.7. The number of halogens is 9. The molecule has 40 heavy (non-hydrogen) atoms. The van der Waals surface area contributed by atoms with Gasteiger partial charge >= 0.3 is 24.6 Å². The molecule has 1 N–H and O–H groups in total. The van der Waals surface area contributed by atoms with E-state index in [1.54, 1.807) is 30.3 Å². The molecule has 0 unspecified atom stereocenters. The number of nitrogens with one attached hydrogen (secondary N) is 1. The molecule has 0 atom stereocenters. The van der Waals surface area contributed by atoms with Gasteiger partial charge < -0.3 is 14.2 Å². The van der Waals surface area contributed by atoms with Crippen LogP contribution in [0.3, 0.4) is 0 Å². The SMILES string of the molecule is O=C(Nc1ccc(C(F)(F)F)s1)N(COCc1ccccc1)c1nc(OCC(F)(F)F)cc(OCC(F)(F)F)n1. The molecule has 2 heterocycles. The second-order valence-electron chi connectivity index (χ2n) is 7.64. The van der Waals surface area contributed by atoms with Gasteiger partial charge in [0.2, 0.25) is 17.7 Å². The summed E-state index contributed by atoms with van der Waals surface area (Å²) in [7, 11) is 0. The summed E-state index contributed by atoms with van der Waals surface area (Å²) >= 11 is 0.165. The van der Waals surface area contributed by atoms with E-state index in [0.29, 0.717) is 22.6 Å². The Hall–Kier alpha value is -3.80. The van der Waals surface area contributed by atoms with E-state index in [0.717, 1.165) is 6.07 Å². The number of ether oxygens (including phenoxy) is 3.